The molecule has 0 saturated heterocycles. The van der Waals surface area contributed by atoms with Crippen molar-refractivity contribution in [3.8, 4) is 11.5 Å². The van der Waals surface area contributed by atoms with Gasteiger partial charge in [-0.25, -0.2) is 0 Å². The summed E-state index contributed by atoms with van der Waals surface area (Å²) in [6.07, 6.45) is 6.59. The molecule has 5 heteroatoms. The second kappa shape index (κ2) is 8.78. The van der Waals surface area contributed by atoms with E-state index in [1.165, 1.54) is 5.56 Å². The maximum Gasteiger partial charge on any atom is 0.248 e. The van der Waals surface area contributed by atoms with E-state index in [-0.39, 0.29) is 0 Å². The van der Waals surface area contributed by atoms with E-state index >= 15 is 0 Å². The van der Waals surface area contributed by atoms with Gasteiger partial charge in [0, 0.05) is 29.1 Å². The lowest BCUT2D eigenvalue weighted by Crippen LogP contribution is -2.03. The van der Waals surface area contributed by atoms with E-state index in [1.54, 1.807) is 12.3 Å². The molecule has 1 unspecified atom stereocenters. The zero-order chi connectivity index (χ0) is 20.1. The van der Waals surface area contributed by atoms with E-state index in [0.717, 1.165) is 36.5 Å². The predicted molar refractivity (Wildman–Crippen MR) is 113 cm³/mol. The molecule has 0 spiro atoms. The van der Waals surface area contributed by atoms with Gasteiger partial charge in [0.2, 0.25) is 11.8 Å². The van der Waals surface area contributed by atoms with Crippen molar-refractivity contribution in [1.82, 2.24) is 15.2 Å². The zero-order valence-electron chi connectivity index (χ0n) is 16.4. The number of pyridine rings is 1. The summed E-state index contributed by atoms with van der Waals surface area (Å²) >= 11 is 0. The number of carbonyl (C=O) groups is 1. The molecule has 5 nitrogen and oxygen atoms in total. The van der Waals surface area contributed by atoms with Gasteiger partial charge in [0.15, 0.2) is 6.29 Å². The molecule has 0 aliphatic heterocycles. The SMILES string of the molecule is CCCCC(Cc1nnc(-c2ccc(C=O)c3ncccc23)o1)c1ccccc1. The van der Waals surface area contributed by atoms with Crippen molar-refractivity contribution in [2.75, 3.05) is 0 Å². The molecule has 0 bridgehead atoms. The van der Waals surface area contributed by atoms with Crippen molar-refractivity contribution < 1.29 is 9.21 Å². The van der Waals surface area contributed by atoms with Crippen LogP contribution in [0.15, 0.2) is 65.2 Å². The molecule has 2 aromatic heterocycles. The van der Waals surface area contributed by atoms with Crippen LogP contribution >= 0.6 is 0 Å². The fourth-order valence-electron chi connectivity index (χ4n) is 3.69. The molecule has 0 fully saturated rings. The van der Waals surface area contributed by atoms with Crippen LogP contribution in [0, 0.1) is 0 Å². The average molecular weight is 385 g/mol. The van der Waals surface area contributed by atoms with E-state index < -0.39 is 0 Å². The summed E-state index contributed by atoms with van der Waals surface area (Å²) in [6.45, 7) is 2.20. The largest absolute Gasteiger partial charge is 0.421 e. The average Bonchev–Trinajstić information content (AvgIpc) is 3.24. The number of rotatable bonds is 8. The van der Waals surface area contributed by atoms with E-state index in [4.69, 9.17) is 4.42 Å². The van der Waals surface area contributed by atoms with Gasteiger partial charge in [0.05, 0.1) is 5.52 Å². The number of benzene rings is 2. The summed E-state index contributed by atoms with van der Waals surface area (Å²) in [5.41, 5.74) is 3.28. The molecular weight excluding hydrogens is 362 g/mol. The molecule has 0 amide bonds. The van der Waals surface area contributed by atoms with Gasteiger partial charge in [0.25, 0.3) is 0 Å². The first-order valence-corrected chi connectivity index (χ1v) is 10.0. The Hall–Kier alpha value is -3.34. The molecule has 0 N–H and O–H groups in total. The molecule has 0 aliphatic rings. The highest BCUT2D eigenvalue weighted by molar-refractivity contribution is 6.01. The lowest BCUT2D eigenvalue weighted by atomic mass is 9.91. The van der Waals surface area contributed by atoms with Crippen LogP contribution in [0.4, 0.5) is 0 Å². The number of hydrogen-bond donors (Lipinski definition) is 0. The second-order valence-electron chi connectivity index (χ2n) is 7.17. The summed E-state index contributed by atoms with van der Waals surface area (Å²) in [5, 5.41) is 9.43. The van der Waals surface area contributed by atoms with Crippen molar-refractivity contribution >= 4 is 17.2 Å². The van der Waals surface area contributed by atoms with Crippen LogP contribution in [0.3, 0.4) is 0 Å². The van der Waals surface area contributed by atoms with Crippen LogP contribution < -0.4 is 0 Å². The number of carbonyl (C=O) groups excluding carboxylic acids is 1. The van der Waals surface area contributed by atoms with E-state index in [2.05, 4.69) is 46.4 Å². The predicted octanol–water partition coefficient (Wildman–Crippen LogP) is 5.61. The van der Waals surface area contributed by atoms with Gasteiger partial charge in [-0.05, 0) is 36.1 Å². The van der Waals surface area contributed by atoms with E-state index in [9.17, 15) is 4.79 Å². The fourth-order valence-corrected chi connectivity index (χ4v) is 3.69. The van der Waals surface area contributed by atoms with Crippen molar-refractivity contribution in [3.63, 3.8) is 0 Å². The normalized spacial score (nSPS) is 12.2. The van der Waals surface area contributed by atoms with Gasteiger partial charge >= 0.3 is 0 Å². The van der Waals surface area contributed by atoms with Crippen molar-refractivity contribution in [2.24, 2.45) is 0 Å². The lowest BCUT2D eigenvalue weighted by molar-refractivity contribution is 0.112. The van der Waals surface area contributed by atoms with Crippen LogP contribution in [0.2, 0.25) is 0 Å². The number of nitrogens with zero attached hydrogens (tertiary/aromatic N) is 3. The summed E-state index contributed by atoms with van der Waals surface area (Å²) < 4.78 is 6.04. The third-order valence-electron chi connectivity index (χ3n) is 5.22. The number of unbranched alkanes of at least 4 members (excludes halogenated alkanes) is 1. The third kappa shape index (κ3) is 4.09. The number of aromatic nitrogens is 3. The maximum absolute atomic E-state index is 11.3. The molecule has 4 aromatic rings. The number of hydrogen-bond acceptors (Lipinski definition) is 5. The number of fused-ring (bicyclic) bond motifs is 1. The Morgan fingerprint density at radius 1 is 1.03 bits per heavy atom. The molecule has 146 valence electrons. The summed E-state index contributed by atoms with van der Waals surface area (Å²) in [7, 11) is 0. The minimum atomic E-state index is 0.348. The lowest BCUT2D eigenvalue weighted by Gasteiger charge is -2.15. The first kappa shape index (κ1) is 19.0. The molecule has 1 atom stereocenters. The smallest absolute Gasteiger partial charge is 0.248 e. The van der Waals surface area contributed by atoms with Crippen LogP contribution in [0.5, 0.6) is 0 Å². The molecular formula is C24H23N3O2. The summed E-state index contributed by atoms with van der Waals surface area (Å²) in [4.78, 5) is 15.7. The van der Waals surface area contributed by atoms with Gasteiger partial charge in [-0.1, -0.05) is 56.2 Å². The van der Waals surface area contributed by atoms with E-state index in [0.29, 0.717) is 35.2 Å². The first-order valence-electron chi connectivity index (χ1n) is 10.0. The number of aldehydes is 1. The second-order valence-corrected chi connectivity index (χ2v) is 7.17. The molecule has 0 radical (unpaired) electrons. The quantitative estimate of drug-likeness (QED) is 0.369. The van der Waals surface area contributed by atoms with Gasteiger partial charge in [0.1, 0.15) is 0 Å². The first-order chi connectivity index (χ1) is 14.3. The minimum absolute atomic E-state index is 0.348. The Labute approximate surface area is 169 Å². The fraction of sp³-hybridized carbons (Fsp3) is 0.250. The standard InChI is InChI=1S/C24H23N3O2/c1-2-3-8-18(17-9-5-4-6-10-17)15-22-26-27-24(29-22)21-13-12-19(16-28)23-20(21)11-7-14-25-23/h4-7,9-14,16,18H,2-3,8,15H2,1H3. The van der Waals surface area contributed by atoms with Gasteiger partial charge in [-0.2, -0.15) is 0 Å². The molecule has 4 rings (SSSR count). The summed E-state index contributed by atoms with van der Waals surface area (Å²) in [5.74, 6) is 1.43. The van der Waals surface area contributed by atoms with Crippen LogP contribution in [-0.4, -0.2) is 21.5 Å². The molecule has 2 aromatic carbocycles. The highest BCUT2D eigenvalue weighted by Gasteiger charge is 2.18. The molecule has 2 heterocycles. The van der Waals surface area contributed by atoms with Gasteiger partial charge < -0.3 is 4.42 Å². The van der Waals surface area contributed by atoms with Crippen LogP contribution in [0.25, 0.3) is 22.4 Å². The third-order valence-corrected chi connectivity index (χ3v) is 5.22. The topological polar surface area (TPSA) is 68.9 Å². The van der Waals surface area contributed by atoms with Crippen molar-refractivity contribution in [1.29, 1.82) is 0 Å². The van der Waals surface area contributed by atoms with E-state index in [1.807, 2.05) is 24.3 Å². The molecule has 0 aliphatic carbocycles. The highest BCUT2D eigenvalue weighted by Crippen LogP contribution is 2.30. The summed E-state index contributed by atoms with van der Waals surface area (Å²) in [6, 6.07) is 17.8. The Morgan fingerprint density at radius 2 is 1.90 bits per heavy atom. The molecule has 29 heavy (non-hydrogen) atoms. The molecule has 0 saturated carbocycles. The zero-order valence-corrected chi connectivity index (χ0v) is 16.4. The van der Waals surface area contributed by atoms with Crippen molar-refractivity contribution in [3.05, 3.63) is 77.8 Å². The van der Waals surface area contributed by atoms with Gasteiger partial charge in [-0.15, -0.1) is 10.2 Å². The van der Waals surface area contributed by atoms with Gasteiger partial charge in [-0.3, -0.25) is 9.78 Å². The van der Waals surface area contributed by atoms with Crippen LogP contribution in [-0.2, 0) is 6.42 Å². The monoisotopic (exact) mass is 385 g/mol. The highest BCUT2D eigenvalue weighted by atomic mass is 16.4. The van der Waals surface area contributed by atoms with Crippen molar-refractivity contribution in [2.45, 2.75) is 38.5 Å². The Kier molecular flexibility index (Phi) is 5.75. The minimum Gasteiger partial charge on any atom is -0.421 e. The Bertz CT molecular complexity index is 1110. The maximum atomic E-state index is 11.3. The Balaban J connectivity index is 1.64. The Morgan fingerprint density at radius 3 is 2.69 bits per heavy atom. The van der Waals surface area contributed by atoms with Crippen LogP contribution in [0.1, 0.15) is 53.9 Å².